The van der Waals surface area contributed by atoms with Gasteiger partial charge in [-0.15, -0.1) is 0 Å². The maximum absolute atomic E-state index is 12.0. The number of nitriles is 2. The van der Waals surface area contributed by atoms with Crippen LogP contribution in [0.1, 0.15) is 60.8 Å². The summed E-state index contributed by atoms with van der Waals surface area (Å²) >= 11 is 0. The lowest BCUT2D eigenvalue weighted by molar-refractivity contribution is -0.144. The number of likely N-dealkylation sites (tertiary alicyclic amines) is 2. The zero-order valence-corrected chi connectivity index (χ0v) is 32.2. The molecule has 2 saturated heterocycles. The number of aliphatic carboxylic acids is 1. The quantitative estimate of drug-likeness (QED) is 0.126. The van der Waals surface area contributed by atoms with Crippen molar-refractivity contribution < 1.29 is 28.2 Å². The predicted molar refractivity (Wildman–Crippen MR) is 214 cm³/mol. The first-order valence-electron chi connectivity index (χ1n) is 19.6. The number of benzene rings is 4. The van der Waals surface area contributed by atoms with Gasteiger partial charge in [0, 0.05) is 47.5 Å². The molecule has 4 heterocycles. The van der Waals surface area contributed by atoms with Crippen LogP contribution in [0.25, 0.3) is 56.2 Å². The summed E-state index contributed by atoms with van der Waals surface area (Å²) in [7, 11) is 0. The molecule has 2 fully saturated rings. The van der Waals surface area contributed by atoms with Crippen molar-refractivity contribution in [2.75, 3.05) is 32.8 Å². The van der Waals surface area contributed by atoms with Gasteiger partial charge in [0.1, 0.15) is 40.7 Å². The van der Waals surface area contributed by atoms with E-state index in [0.29, 0.717) is 59.5 Å². The van der Waals surface area contributed by atoms with Crippen LogP contribution in [0.4, 0.5) is 0 Å². The van der Waals surface area contributed by atoms with Crippen LogP contribution in [0, 0.1) is 36.5 Å². The van der Waals surface area contributed by atoms with E-state index in [2.05, 4.69) is 30.0 Å². The van der Waals surface area contributed by atoms with Gasteiger partial charge in [0.25, 0.3) is 0 Å². The first-order valence-corrected chi connectivity index (χ1v) is 19.6. The highest BCUT2D eigenvalue weighted by Gasteiger charge is 2.30. The predicted octanol–water partition coefficient (Wildman–Crippen LogP) is 8.82. The third kappa shape index (κ3) is 7.79. The van der Waals surface area contributed by atoms with Gasteiger partial charge in [-0.1, -0.05) is 37.1 Å². The van der Waals surface area contributed by atoms with E-state index in [1.165, 1.54) is 19.3 Å². The van der Waals surface area contributed by atoms with Crippen LogP contribution in [0.2, 0.25) is 0 Å². The number of fused-ring (bicyclic) bond motifs is 2. The monoisotopic (exact) mass is 764 g/mol. The highest BCUT2D eigenvalue weighted by Crippen LogP contribution is 2.39. The molecule has 0 bridgehead atoms. The van der Waals surface area contributed by atoms with Crippen molar-refractivity contribution in [2.45, 2.75) is 71.5 Å². The van der Waals surface area contributed by atoms with Crippen LogP contribution < -0.4 is 9.47 Å². The van der Waals surface area contributed by atoms with E-state index in [9.17, 15) is 20.4 Å². The highest BCUT2D eigenvalue weighted by atomic mass is 16.5. The lowest BCUT2D eigenvalue weighted by Crippen LogP contribution is -2.44. The molecular formula is C45H44N6O6. The molecule has 57 heavy (non-hydrogen) atoms. The van der Waals surface area contributed by atoms with Crippen molar-refractivity contribution in [3.8, 4) is 57.7 Å². The molecule has 12 heteroatoms. The van der Waals surface area contributed by atoms with E-state index in [0.717, 1.165) is 82.5 Å². The van der Waals surface area contributed by atoms with Crippen molar-refractivity contribution >= 4 is 28.2 Å². The number of carboxylic acids is 1. The number of aromatic nitrogens is 2. The molecule has 1 unspecified atom stereocenters. The summed E-state index contributed by atoms with van der Waals surface area (Å²) in [6.07, 6.45) is 5.98. The van der Waals surface area contributed by atoms with Gasteiger partial charge in [0.2, 0.25) is 11.8 Å². The fourth-order valence-corrected chi connectivity index (χ4v) is 8.32. The largest absolute Gasteiger partial charge is 0.480 e. The SMILES string of the molecule is Cc1c(-c2nc3cc(CN4CCCCC4)c(OCC#N)cc3o2)cccc1-c1cccc(-c2nc3cc(CN4CCCCC4C(=O)O)c(OCC#N)cc3o2)c1C. The van der Waals surface area contributed by atoms with Crippen molar-refractivity contribution in [1.29, 1.82) is 10.5 Å². The second-order valence-corrected chi connectivity index (χ2v) is 14.9. The standard InChI is InChI=1S/C45H44N6O6/c1-28-32(10-8-12-34(28)43-48-36-22-30(26-50-17-5-3-6-18-50)39(54-20-15-46)24-41(36)56-43)33-11-9-13-35(29(33)2)44-49-37-23-31(40(55-21-16-47)25-42(37)57-44)27-51-19-7-4-14-38(51)45(52)53/h8-13,22-25,38H,3-7,14,17-21,26-27H2,1-2H3,(H,52,53). The van der Waals surface area contributed by atoms with Gasteiger partial charge >= 0.3 is 5.97 Å². The molecule has 8 rings (SSSR count). The Bertz CT molecular complexity index is 2540. The Hall–Kier alpha value is -6.21. The number of ether oxygens (including phenoxy) is 2. The zero-order valence-electron chi connectivity index (χ0n) is 32.2. The Kier molecular flexibility index (Phi) is 10.9. The van der Waals surface area contributed by atoms with Gasteiger partial charge in [-0.2, -0.15) is 10.5 Å². The maximum atomic E-state index is 12.0. The van der Waals surface area contributed by atoms with E-state index in [-0.39, 0.29) is 13.2 Å². The number of nitrogens with zero attached hydrogens (tertiary/aromatic N) is 6. The summed E-state index contributed by atoms with van der Waals surface area (Å²) in [5.74, 6) is 1.23. The van der Waals surface area contributed by atoms with E-state index >= 15 is 0 Å². The molecule has 290 valence electrons. The molecule has 4 aromatic carbocycles. The molecule has 12 nitrogen and oxygen atoms in total. The van der Waals surface area contributed by atoms with E-state index in [1.807, 2.05) is 60.4 Å². The molecule has 6 aromatic rings. The second-order valence-electron chi connectivity index (χ2n) is 14.9. The minimum atomic E-state index is -0.835. The van der Waals surface area contributed by atoms with Crippen LogP contribution in [0.5, 0.6) is 11.5 Å². The van der Waals surface area contributed by atoms with Gasteiger partial charge in [0.15, 0.2) is 24.4 Å². The van der Waals surface area contributed by atoms with Gasteiger partial charge < -0.3 is 23.4 Å². The van der Waals surface area contributed by atoms with E-state index in [1.54, 1.807) is 6.07 Å². The summed E-state index contributed by atoms with van der Waals surface area (Å²) in [4.78, 5) is 26.3. The fraction of sp³-hybridized carbons (Fsp3) is 0.356. The molecule has 0 radical (unpaired) electrons. The zero-order chi connectivity index (χ0) is 39.5. The summed E-state index contributed by atoms with van der Waals surface area (Å²) in [6, 6.07) is 23.2. The summed E-state index contributed by atoms with van der Waals surface area (Å²) in [5.41, 5.74) is 9.89. The number of oxazole rings is 2. The normalized spacial score (nSPS) is 16.4. The Morgan fingerprint density at radius 3 is 1.77 bits per heavy atom. The first-order chi connectivity index (χ1) is 27.8. The summed E-state index contributed by atoms with van der Waals surface area (Å²) < 4.78 is 24.4. The van der Waals surface area contributed by atoms with Crippen molar-refractivity contribution in [2.24, 2.45) is 0 Å². The average molecular weight is 765 g/mol. The lowest BCUT2D eigenvalue weighted by Gasteiger charge is -2.33. The number of piperidine rings is 2. The summed E-state index contributed by atoms with van der Waals surface area (Å²) in [5, 5.41) is 28.4. The molecule has 0 aliphatic carbocycles. The maximum Gasteiger partial charge on any atom is 0.320 e. The van der Waals surface area contributed by atoms with E-state index < -0.39 is 12.0 Å². The minimum Gasteiger partial charge on any atom is -0.480 e. The number of rotatable bonds is 12. The van der Waals surface area contributed by atoms with Crippen molar-refractivity contribution in [3.63, 3.8) is 0 Å². The van der Waals surface area contributed by atoms with Crippen molar-refractivity contribution in [1.82, 2.24) is 19.8 Å². The van der Waals surface area contributed by atoms with Gasteiger partial charge in [-0.05, 0) is 106 Å². The Labute approximate surface area is 330 Å². The topological polar surface area (TPSA) is 162 Å². The van der Waals surface area contributed by atoms with Gasteiger partial charge in [0.05, 0.1) is 0 Å². The number of carboxylic acid groups (broad SMARTS) is 1. The van der Waals surface area contributed by atoms with Crippen LogP contribution in [0.15, 0.2) is 69.5 Å². The molecular weight excluding hydrogens is 721 g/mol. The average Bonchev–Trinajstić information content (AvgIpc) is 3.83. The Morgan fingerprint density at radius 1 is 0.737 bits per heavy atom. The fourth-order valence-electron chi connectivity index (χ4n) is 8.32. The van der Waals surface area contributed by atoms with Gasteiger partial charge in [-0.25, -0.2) is 9.97 Å². The van der Waals surface area contributed by atoms with Crippen molar-refractivity contribution in [3.05, 3.63) is 82.9 Å². The number of carbonyl (C=O) groups is 1. The third-order valence-corrected chi connectivity index (χ3v) is 11.3. The van der Waals surface area contributed by atoms with Crippen LogP contribution in [-0.2, 0) is 17.9 Å². The molecule has 1 N–H and O–H groups in total. The number of hydrogen-bond acceptors (Lipinski definition) is 11. The molecule has 0 saturated carbocycles. The Balaban J connectivity index is 1.12. The third-order valence-electron chi connectivity index (χ3n) is 11.3. The van der Waals surface area contributed by atoms with Crippen LogP contribution in [0.3, 0.4) is 0 Å². The molecule has 2 aliphatic rings. The molecule has 0 amide bonds. The molecule has 2 aromatic heterocycles. The summed E-state index contributed by atoms with van der Waals surface area (Å²) in [6.45, 7) is 7.74. The minimum absolute atomic E-state index is 0.0465. The lowest BCUT2D eigenvalue weighted by atomic mass is 9.91. The first kappa shape index (κ1) is 37.7. The second kappa shape index (κ2) is 16.5. The van der Waals surface area contributed by atoms with Gasteiger partial charge in [-0.3, -0.25) is 14.6 Å². The molecule has 2 aliphatic heterocycles. The van der Waals surface area contributed by atoms with Crippen LogP contribution in [-0.4, -0.2) is 69.7 Å². The Morgan fingerprint density at radius 2 is 1.25 bits per heavy atom. The molecule has 0 spiro atoms. The molecule has 1 atom stereocenters. The van der Waals surface area contributed by atoms with E-state index in [4.69, 9.17) is 28.3 Å². The van der Waals surface area contributed by atoms with Crippen LogP contribution >= 0.6 is 0 Å². The highest BCUT2D eigenvalue weighted by molar-refractivity contribution is 5.85. The smallest absolute Gasteiger partial charge is 0.320 e. The number of hydrogen-bond donors (Lipinski definition) is 1.